The van der Waals surface area contributed by atoms with E-state index < -0.39 is 0 Å². The molecule has 0 bridgehead atoms. The van der Waals surface area contributed by atoms with Gasteiger partial charge in [0.05, 0.1) is 7.11 Å². The summed E-state index contributed by atoms with van der Waals surface area (Å²) in [7, 11) is 1.70. The number of H-pyrrole nitrogens is 1. The van der Waals surface area contributed by atoms with E-state index in [9.17, 15) is 0 Å². The van der Waals surface area contributed by atoms with Crippen molar-refractivity contribution in [2.45, 2.75) is 13.1 Å². The van der Waals surface area contributed by atoms with Crippen LogP contribution in [0.3, 0.4) is 0 Å². The first-order chi connectivity index (χ1) is 12.8. The number of benzene rings is 2. The second-order valence-corrected chi connectivity index (χ2v) is 6.01. The summed E-state index contributed by atoms with van der Waals surface area (Å²) in [6.07, 6.45) is 3.61. The molecule has 26 heavy (non-hydrogen) atoms. The highest BCUT2D eigenvalue weighted by Gasteiger charge is 2.07. The topological polar surface area (TPSA) is 75.7 Å². The third-order valence-electron chi connectivity index (χ3n) is 4.32. The van der Waals surface area contributed by atoms with Crippen LogP contribution in [0.4, 0.5) is 0 Å². The number of rotatable bonds is 6. The summed E-state index contributed by atoms with van der Waals surface area (Å²) in [6, 6.07) is 16.3. The van der Waals surface area contributed by atoms with Gasteiger partial charge in [0.2, 0.25) is 0 Å². The van der Waals surface area contributed by atoms with Crippen LogP contribution in [0.5, 0.6) is 5.75 Å². The summed E-state index contributed by atoms with van der Waals surface area (Å²) in [4.78, 5) is 4.08. The Morgan fingerprint density at radius 2 is 1.73 bits per heavy atom. The van der Waals surface area contributed by atoms with Crippen molar-refractivity contribution >= 4 is 11.0 Å². The maximum Gasteiger partial charge on any atom is 0.123 e. The number of nitrogens with one attached hydrogen (secondary N) is 2. The molecule has 2 N–H and O–H groups in total. The lowest BCUT2D eigenvalue weighted by Gasteiger charge is -2.12. The van der Waals surface area contributed by atoms with Crippen LogP contribution in [-0.4, -0.2) is 27.5 Å². The van der Waals surface area contributed by atoms with Gasteiger partial charge >= 0.3 is 0 Å². The second-order valence-electron chi connectivity index (χ2n) is 6.01. The third-order valence-corrected chi connectivity index (χ3v) is 4.32. The highest BCUT2D eigenvalue weighted by molar-refractivity contribution is 5.74. The standard InChI is InChI=1S/C20H19N5O/c1-26-20-5-3-16(15-6-8-21-9-7-15)11-17(20)13-22-12-14-2-4-18-19(10-14)24-25-23-18/h2-11,22H,12-13H2,1H3,(H,23,24,25). The predicted molar refractivity (Wildman–Crippen MR) is 101 cm³/mol. The quantitative estimate of drug-likeness (QED) is 0.561. The minimum atomic E-state index is 0.707. The Bertz CT molecular complexity index is 1010. The van der Waals surface area contributed by atoms with Gasteiger partial charge in [0.1, 0.15) is 16.8 Å². The van der Waals surface area contributed by atoms with Gasteiger partial charge < -0.3 is 10.1 Å². The van der Waals surface area contributed by atoms with Crippen LogP contribution in [0.15, 0.2) is 60.9 Å². The minimum absolute atomic E-state index is 0.707. The van der Waals surface area contributed by atoms with Crippen LogP contribution in [0.2, 0.25) is 0 Å². The molecule has 0 atom stereocenters. The van der Waals surface area contributed by atoms with Gasteiger partial charge in [-0.25, -0.2) is 0 Å². The van der Waals surface area contributed by atoms with E-state index >= 15 is 0 Å². The first-order valence-corrected chi connectivity index (χ1v) is 8.41. The molecule has 6 nitrogen and oxygen atoms in total. The van der Waals surface area contributed by atoms with Crippen molar-refractivity contribution in [1.29, 1.82) is 0 Å². The van der Waals surface area contributed by atoms with Crippen molar-refractivity contribution in [2.75, 3.05) is 7.11 Å². The Kier molecular flexibility index (Phi) is 4.57. The van der Waals surface area contributed by atoms with E-state index in [2.05, 4.69) is 43.9 Å². The van der Waals surface area contributed by atoms with E-state index in [0.29, 0.717) is 6.54 Å². The highest BCUT2D eigenvalue weighted by Crippen LogP contribution is 2.26. The van der Waals surface area contributed by atoms with Crippen LogP contribution in [0.1, 0.15) is 11.1 Å². The van der Waals surface area contributed by atoms with Gasteiger partial charge in [0.15, 0.2) is 0 Å². The normalized spacial score (nSPS) is 11.0. The van der Waals surface area contributed by atoms with Crippen molar-refractivity contribution < 1.29 is 4.74 Å². The Balaban J connectivity index is 1.49. The number of fused-ring (bicyclic) bond motifs is 1. The molecule has 0 fully saturated rings. The van der Waals surface area contributed by atoms with Crippen LogP contribution >= 0.6 is 0 Å². The lowest BCUT2D eigenvalue weighted by atomic mass is 10.0. The Hall–Kier alpha value is -3.25. The largest absolute Gasteiger partial charge is 0.496 e. The molecule has 0 saturated carbocycles. The van der Waals surface area contributed by atoms with Gasteiger partial charge in [0.25, 0.3) is 0 Å². The lowest BCUT2D eigenvalue weighted by molar-refractivity contribution is 0.407. The molecule has 2 aromatic heterocycles. The second kappa shape index (κ2) is 7.33. The molecule has 0 amide bonds. The molecule has 0 aliphatic carbocycles. The minimum Gasteiger partial charge on any atom is -0.496 e. The summed E-state index contributed by atoms with van der Waals surface area (Å²) in [5.74, 6) is 0.877. The average Bonchev–Trinajstić information content (AvgIpc) is 3.16. The molecule has 0 spiro atoms. The van der Waals surface area contributed by atoms with E-state index in [0.717, 1.165) is 45.6 Å². The maximum absolute atomic E-state index is 5.51. The van der Waals surface area contributed by atoms with Gasteiger partial charge in [-0.05, 0) is 53.1 Å². The first kappa shape index (κ1) is 16.2. The molecule has 0 saturated heterocycles. The first-order valence-electron chi connectivity index (χ1n) is 8.41. The lowest BCUT2D eigenvalue weighted by Crippen LogP contribution is -2.13. The fraction of sp³-hybridized carbons (Fsp3) is 0.150. The summed E-state index contributed by atoms with van der Waals surface area (Å²) in [5, 5.41) is 14.3. The highest BCUT2D eigenvalue weighted by atomic mass is 16.5. The number of ether oxygens (including phenoxy) is 1. The number of aromatic nitrogens is 4. The van der Waals surface area contributed by atoms with Crippen LogP contribution in [0.25, 0.3) is 22.2 Å². The number of pyridine rings is 1. The van der Waals surface area contributed by atoms with Gasteiger partial charge in [-0.3, -0.25) is 4.98 Å². The maximum atomic E-state index is 5.51. The summed E-state index contributed by atoms with van der Waals surface area (Å²) >= 11 is 0. The number of hydrogen-bond donors (Lipinski definition) is 2. The van der Waals surface area contributed by atoms with Crippen molar-refractivity contribution in [3.63, 3.8) is 0 Å². The molecule has 0 radical (unpaired) electrons. The Morgan fingerprint density at radius 3 is 2.58 bits per heavy atom. The molecule has 4 rings (SSSR count). The third kappa shape index (κ3) is 3.41. The predicted octanol–water partition coefficient (Wildman–Crippen LogP) is 3.32. The molecule has 0 unspecified atom stereocenters. The molecule has 4 aromatic rings. The molecular formula is C20H19N5O. The number of aromatic amines is 1. The van der Waals surface area contributed by atoms with E-state index in [4.69, 9.17) is 4.74 Å². The van der Waals surface area contributed by atoms with E-state index in [-0.39, 0.29) is 0 Å². The van der Waals surface area contributed by atoms with Crippen LogP contribution < -0.4 is 10.1 Å². The van der Waals surface area contributed by atoms with Crippen LogP contribution in [0, 0.1) is 0 Å². The number of methoxy groups -OCH3 is 1. The molecular weight excluding hydrogens is 326 g/mol. The van der Waals surface area contributed by atoms with Crippen molar-refractivity contribution in [2.24, 2.45) is 0 Å². The van der Waals surface area contributed by atoms with E-state index in [1.807, 2.05) is 30.3 Å². The molecule has 130 valence electrons. The van der Waals surface area contributed by atoms with Gasteiger partial charge in [-0.1, -0.05) is 12.1 Å². The van der Waals surface area contributed by atoms with Crippen molar-refractivity contribution in [1.82, 2.24) is 25.7 Å². The monoisotopic (exact) mass is 345 g/mol. The SMILES string of the molecule is COc1ccc(-c2ccncc2)cc1CNCc1ccc2n[nH]nc2c1. The van der Waals surface area contributed by atoms with E-state index in [1.165, 1.54) is 0 Å². The molecule has 2 aromatic carbocycles. The fourth-order valence-electron chi connectivity index (χ4n) is 2.98. The Morgan fingerprint density at radius 1 is 0.885 bits per heavy atom. The van der Waals surface area contributed by atoms with Crippen molar-refractivity contribution in [3.05, 3.63) is 72.1 Å². The fourth-order valence-corrected chi connectivity index (χ4v) is 2.98. The van der Waals surface area contributed by atoms with Gasteiger partial charge in [-0.15, -0.1) is 0 Å². The number of nitrogens with zero attached hydrogens (tertiary/aromatic N) is 3. The zero-order valence-electron chi connectivity index (χ0n) is 14.4. The molecule has 6 heteroatoms. The summed E-state index contributed by atoms with van der Waals surface area (Å²) in [5.41, 5.74) is 6.32. The molecule has 0 aliphatic rings. The zero-order valence-corrected chi connectivity index (χ0v) is 14.4. The average molecular weight is 345 g/mol. The Labute approximate surface area is 151 Å². The summed E-state index contributed by atoms with van der Waals surface area (Å²) < 4.78 is 5.51. The molecule has 0 aliphatic heterocycles. The zero-order chi connectivity index (χ0) is 17.8. The summed E-state index contributed by atoms with van der Waals surface area (Å²) in [6.45, 7) is 1.45. The smallest absolute Gasteiger partial charge is 0.123 e. The number of hydrogen-bond acceptors (Lipinski definition) is 5. The van der Waals surface area contributed by atoms with Crippen LogP contribution in [-0.2, 0) is 13.1 Å². The van der Waals surface area contributed by atoms with E-state index in [1.54, 1.807) is 19.5 Å². The van der Waals surface area contributed by atoms with Gasteiger partial charge in [0, 0.05) is 31.0 Å². The van der Waals surface area contributed by atoms with Gasteiger partial charge in [-0.2, -0.15) is 15.4 Å². The van der Waals surface area contributed by atoms with Crippen molar-refractivity contribution in [3.8, 4) is 16.9 Å². The molecule has 2 heterocycles.